The minimum absolute atomic E-state index is 0.0392. The highest BCUT2D eigenvalue weighted by molar-refractivity contribution is 5.59. The lowest BCUT2D eigenvalue weighted by Crippen LogP contribution is -2.46. The van der Waals surface area contributed by atoms with Gasteiger partial charge < -0.3 is 20.3 Å². The van der Waals surface area contributed by atoms with Crippen LogP contribution < -0.4 is 10.5 Å². The minimum Gasteiger partial charge on any atom is -0.495 e. The smallest absolute Gasteiger partial charge is 0.142 e. The summed E-state index contributed by atoms with van der Waals surface area (Å²) < 4.78 is 11.2. The van der Waals surface area contributed by atoms with Crippen LogP contribution in [0.1, 0.15) is 43.8 Å². The Kier molecular flexibility index (Phi) is 3.61. The van der Waals surface area contributed by atoms with E-state index in [4.69, 9.17) is 15.2 Å². The van der Waals surface area contributed by atoms with Gasteiger partial charge in [0.15, 0.2) is 0 Å². The molecule has 1 saturated heterocycles. The monoisotopic (exact) mass is 277 g/mol. The predicted octanol–water partition coefficient (Wildman–Crippen LogP) is 2.66. The molecule has 0 amide bonds. The zero-order valence-corrected chi connectivity index (χ0v) is 12.0. The average Bonchev–Trinajstić information content (AvgIpc) is 2.45. The van der Waals surface area contributed by atoms with Crippen LogP contribution in [-0.2, 0) is 4.74 Å². The van der Waals surface area contributed by atoms with E-state index in [-0.39, 0.29) is 11.5 Å². The van der Waals surface area contributed by atoms with E-state index in [1.54, 1.807) is 7.11 Å². The SMILES string of the molecule is COc1cccc(C(O)C2CCOC3(CCC3)C2)c1N. The summed E-state index contributed by atoms with van der Waals surface area (Å²) in [5.74, 6) is 0.852. The van der Waals surface area contributed by atoms with E-state index in [9.17, 15) is 5.11 Å². The van der Waals surface area contributed by atoms with Crippen LogP contribution in [0.5, 0.6) is 5.75 Å². The van der Waals surface area contributed by atoms with Crippen LogP contribution in [0.15, 0.2) is 18.2 Å². The molecule has 1 aliphatic heterocycles. The number of benzene rings is 1. The van der Waals surface area contributed by atoms with Gasteiger partial charge in [-0.15, -0.1) is 0 Å². The van der Waals surface area contributed by atoms with E-state index in [1.165, 1.54) is 6.42 Å². The Morgan fingerprint density at radius 2 is 2.25 bits per heavy atom. The summed E-state index contributed by atoms with van der Waals surface area (Å²) in [6, 6.07) is 5.60. The zero-order chi connectivity index (χ0) is 14.2. The van der Waals surface area contributed by atoms with Crippen molar-refractivity contribution in [3.63, 3.8) is 0 Å². The van der Waals surface area contributed by atoms with E-state index in [1.807, 2.05) is 18.2 Å². The fourth-order valence-electron chi connectivity index (χ4n) is 3.51. The van der Waals surface area contributed by atoms with Crippen molar-refractivity contribution in [2.24, 2.45) is 5.92 Å². The Labute approximate surface area is 119 Å². The summed E-state index contributed by atoms with van der Waals surface area (Å²) in [5.41, 5.74) is 7.47. The lowest BCUT2D eigenvalue weighted by Gasteiger charge is -2.48. The van der Waals surface area contributed by atoms with Crippen LogP contribution in [0.4, 0.5) is 5.69 Å². The largest absolute Gasteiger partial charge is 0.495 e. The number of nitrogen functional groups attached to an aromatic ring is 1. The highest BCUT2D eigenvalue weighted by atomic mass is 16.5. The van der Waals surface area contributed by atoms with Gasteiger partial charge in [-0.2, -0.15) is 0 Å². The third-order valence-corrected chi connectivity index (χ3v) is 4.88. The van der Waals surface area contributed by atoms with Crippen molar-refractivity contribution in [2.45, 2.75) is 43.8 Å². The van der Waals surface area contributed by atoms with Crippen molar-refractivity contribution in [3.8, 4) is 5.75 Å². The summed E-state index contributed by atoms with van der Waals surface area (Å²) in [6.45, 7) is 0.742. The first-order valence-corrected chi connectivity index (χ1v) is 7.40. The molecule has 2 aliphatic rings. The van der Waals surface area contributed by atoms with Gasteiger partial charge in [-0.25, -0.2) is 0 Å². The van der Waals surface area contributed by atoms with Crippen molar-refractivity contribution in [3.05, 3.63) is 23.8 Å². The quantitative estimate of drug-likeness (QED) is 0.834. The number of nitrogens with two attached hydrogens (primary N) is 1. The molecular weight excluding hydrogens is 254 g/mol. The number of ether oxygens (including phenoxy) is 2. The predicted molar refractivity (Wildman–Crippen MR) is 77.6 cm³/mol. The number of hydrogen-bond acceptors (Lipinski definition) is 4. The Hall–Kier alpha value is -1.26. The molecule has 0 aromatic heterocycles. The lowest BCUT2D eigenvalue weighted by molar-refractivity contribution is -0.157. The van der Waals surface area contributed by atoms with E-state index in [0.29, 0.717) is 11.4 Å². The molecule has 1 heterocycles. The van der Waals surface area contributed by atoms with Gasteiger partial charge in [-0.3, -0.25) is 0 Å². The van der Waals surface area contributed by atoms with Crippen molar-refractivity contribution >= 4 is 5.69 Å². The van der Waals surface area contributed by atoms with E-state index in [0.717, 1.165) is 37.9 Å². The molecule has 2 unspecified atom stereocenters. The number of para-hydroxylation sites is 1. The molecule has 1 saturated carbocycles. The molecule has 2 fully saturated rings. The average molecular weight is 277 g/mol. The molecule has 1 spiro atoms. The molecule has 1 aliphatic carbocycles. The van der Waals surface area contributed by atoms with E-state index < -0.39 is 6.10 Å². The summed E-state index contributed by atoms with van der Waals surface area (Å²) >= 11 is 0. The molecule has 2 atom stereocenters. The Morgan fingerprint density at radius 3 is 2.90 bits per heavy atom. The van der Waals surface area contributed by atoms with Crippen LogP contribution >= 0.6 is 0 Å². The fraction of sp³-hybridized carbons (Fsp3) is 0.625. The third kappa shape index (κ3) is 2.27. The summed E-state index contributed by atoms with van der Waals surface area (Å²) in [5, 5.41) is 10.7. The van der Waals surface area contributed by atoms with Gasteiger partial charge in [0.2, 0.25) is 0 Å². The maximum absolute atomic E-state index is 10.7. The molecule has 20 heavy (non-hydrogen) atoms. The third-order valence-electron chi connectivity index (χ3n) is 4.88. The fourth-order valence-corrected chi connectivity index (χ4v) is 3.51. The van der Waals surface area contributed by atoms with Crippen LogP contribution in [0.3, 0.4) is 0 Å². The highest BCUT2D eigenvalue weighted by Gasteiger charge is 2.44. The lowest BCUT2D eigenvalue weighted by atomic mass is 9.70. The number of aliphatic hydroxyl groups is 1. The van der Waals surface area contributed by atoms with Crippen LogP contribution in [0.25, 0.3) is 0 Å². The normalized spacial score (nSPS) is 26.0. The van der Waals surface area contributed by atoms with Crippen molar-refractivity contribution in [1.82, 2.24) is 0 Å². The first-order chi connectivity index (χ1) is 9.65. The van der Waals surface area contributed by atoms with E-state index >= 15 is 0 Å². The topological polar surface area (TPSA) is 64.7 Å². The van der Waals surface area contributed by atoms with Crippen molar-refractivity contribution in [2.75, 3.05) is 19.5 Å². The molecular formula is C16H23NO3. The number of rotatable bonds is 3. The van der Waals surface area contributed by atoms with E-state index in [2.05, 4.69) is 0 Å². The standard InChI is InChI=1S/C16H23NO3/c1-19-13-5-2-4-12(14(13)17)15(18)11-6-9-20-16(10-11)7-3-8-16/h2,4-5,11,15,18H,3,6-10,17H2,1H3. The molecule has 0 radical (unpaired) electrons. The first-order valence-electron chi connectivity index (χ1n) is 7.40. The molecule has 3 rings (SSSR count). The first kappa shape index (κ1) is 13.7. The molecule has 0 bridgehead atoms. The second kappa shape index (κ2) is 5.26. The maximum atomic E-state index is 10.7. The van der Waals surface area contributed by atoms with Crippen LogP contribution in [0.2, 0.25) is 0 Å². The van der Waals surface area contributed by atoms with Gasteiger partial charge in [-0.1, -0.05) is 12.1 Å². The number of anilines is 1. The summed E-state index contributed by atoms with van der Waals surface area (Å²) in [6.07, 6.45) is 4.79. The van der Waals surface area contributed by atoms with Gasteiger partial charge in [0.25, 0.3) is 0 Å². The molecule has 1 aromatic carbocycles. The second-order valence-corrected chi connectivity index (χ2v) is 6.05. The molecule has 4 heteroatoms. The highest BCUT2D eigenvalue weighted by Crippen LogP contribution is 2.48. The molecule has 4 nitrogen and oxygen atoms in total. The Bertz CT molecular complexity index is 485. The van der Waals surface area contributed by atoms with Crippen molar-refractivity contribution < 1.29 is 14.6 Å². The van der Waals surface area contributed by atoms with Crippen molar-refractivity contribution in [1.29, 1.82) is 0 Å². The molecule has 110 valence electrons. The number of hydrogen-bond donors (Lipinski definition) is 2. The van der Waals surface area contributed by atoms with Crippen LogP contribution in [0, 0.1) is 5.92 Å². The maximum Gasteiger partial charge on any atom is 0.142 e. The van der Waals surface area contributed by atoms with Gasteiger partial charge in [-0.05, 0) is 44.1 Å². The Morgan fingerprint density at radius 1 is 1.45 bits per heavy atom. The number of aliphatic hydroxyl groups excluding tert-OH is 1. The van der Waals surface area contributed by atoms with Gasteiger partial charge in [0.05, 0.1) is 24.5 Å². The number of methoxy groups -OCH3 is 1. The van der Waals surface area contributed by atoms with Crippen LogP contribution in [-0.4, -0.2) is 24.4 Å². The summed E-state index contributed by atoms with van der Waals surface area (Å²) in [7, 11) is 1.60. The minimum atomic E-state index is -0.536. The van der Waals surface area contributed by atoms with Gasteiger partial charge in [0.1, 0.15) is 5.75 Å². The Balaban J connectivity index is 1.79. The van der Waals surface area contributed by atoms with Gasteiger partial charge >= 0.3 is 0 Å². The summed E-state index contributed by atoms with van der Waals surface area (Å²) in [4.78, 5) is 0. The zero-order valence-electron chi connectivity index (χ0n) is 12.0. The molecule has 1 aromatic rings. The second-order valence-electron chi connectivity index (χ2n) is 6.05. The van der Waals surface area contributed by atoms with Gasteiger partial charge in [0, 0.05) is 12.2 Å². The molecule has 3 N–H and O–H groups in total.